The minimum absolute atomic E-state index is 0.191. The Morgan fingerprint density at radius 1 is 0.892 bits per heavy atom. The van der Waals surface area contributed by atoms with E-state index in [1.54, 1.807) is 42.5 Å². The predicted octanol–water partition coefficient (Wildman–Crippen LogP) is 5.42. The Morgan fingerprint density at radius 3 is 2.43 bits per heavy atom. The summed E-state index contributed by atoms with van der Waals surface area (Å²) in [4.78, 5) is 26.4. The quantitative estimate of drug-likeness (QED) is 0.255. The molecule has 8 heteroatoms. The summed E-state index contributed by atoms with van der Waals surface area (Å²) in [6, 6.07) is 13.5. The molecule has 0 saturated heterocycles. The molecule has 190 valence electrons. The number of esters is 1. The molecule has 3 aromatic carbocycles. The lowest BCUT2D eigenvalue weighted by Gasteiger charge is -2.13. The highest BCUT2D eigenvalue weighted by molar-refractivity contribution is 5.93. The molecular weight excluding hydrogens is 476 g/mol. The van der Waals surface area contributed by atoms with Crippen molar-refractivity contribution in [2.75, 3.05) is 27.4 Å². The minimum Gasteiger partial charge on any atom is -0.493 e. The van der Waals surface area contributed by atoms with E-state index >= 15 is 0 Å². The zero-order valence-corrected chi connectivity index (χ0v) is 20.8. The second-order valence-corrected chi connectivity index (χ2v) is 8.46. The van der Waals surface area contributed by atoms with E-state index in [-0.39, 0.29) is 5.43 Å². The van der Waals surface area contributed by atoms with Gasteiger partial charge in [0.2, 0.25) is 5.43 Å². The Labute approximate surface area is 213 Å². The van der Waals surface area contributed by atoms with Crippen LogP contribution in [-0.4, -0.2) is 33.4 Å². The molecule has 0 atom stereocenters. The van der Waals surface area contributed by atoms with Gasteiger partial charge in [-0.2, -0.15) is 0 Å². The van der Waals surface area contributed by atoms with Gasteiger partial charge >= 0.3 is 5.97 Å². The molecule has 1 aliphatic rings. The van der Waals surface area contributed by atoms with Gasteiger partial charge in [-0.15, -0.1) is 0 Å². The molecule has 4 aromatic rings. The van der Waals surface area contributed by atoms with Crippen molar-refractivity contribution in [2.45, 2.75) is 19.8 Å². The third kappa shape index (κ3) is 4.70. The zero-order valence-electron chi connectivity index (χ0n) is 20.8. The van der Waals surface area contributed by atoms with Crippen LogP contribution in [0.15, 0.2) is 64.0 Å². The van der Waals surface area contributed by atoms with Crippen LogP contribution in [0.25, 0.3) is 22.1 Å². The molecule has 2 heterocycles. The Bertz CT molecular complexity index is 1540. The lowest BCUT2D eigenvalue weighted by molar-refractivity contribution is 0.0733. The van der Waals surface area contributed by atoms with Gasteiger partial charge in [-0.1, -0.05) is 13.0 Å². The van der Waals surface area contributed by atoms with Gasteiger partial charge in [0.15, 0.2) is 23.0 Å². The van der Waals surface area contributed by atoms with Gasteiger partial charge in [0.05, 0.1) is 43.9 Å². The van der Waals surface area contributed by atoms with E-state index in [9.17, 15) is 9.59 Å². The van der Waals surface area contributed by atoms with Gasteiger partial charge in [-0.25, -0.2) is 4.79 Å². The number of aryl methyl sites for hydroxylation is 1. The van der Waals surface area contributed by atoms with Crippen molar-refractivity contribution in [3.63, 3.8) is 0 Å². The van der Waals surface area contributed by atoms with E-state index in [0.717, 1.165) is 6.42 Å². The van der Waals surface area contributed by atoms with Crippen LogP contribution in [-0.2, 0) is 6.42 Å². The number of carbonyl (C=O) groups is 1. The maximum absolute atomic E-state index is 13.5. The standard InChI is InChI=1S/C29H26O8/c1-4-17-12-20-25(15-24(17)37-29(31)19-7-8-22(32-2)26(14-19)33-3)36-16-21(28(20)30)18-6-9-23-27(13-18)35-11-5-10-34-23/h6-9,12-16H,4-5,10-11H2,1-3H3. The summed E-state index contributed by atoms with van der Waals surface area (Å²) in [6.45, 7) is 3.06. The summed E-state index contributed by atoms with van der Waals surface area (Å²) in [6.07, 6.45) is 2.74. The lowest BCUT2D eigenvalue weighted by atomic mass is 10.0. The van der Waals surface area contributed by atoms with Crippen molar-refractivity contribution in [1.82, 2.24) is 0 Å². The van der Waals surface area contributed by atoms with Crippen LogP contribution in [0.5, 0.6) is 28.7 Å². The molecule has 0 saturated carbocycles. The Balaban J connectivity index is 1.49. The van der Waals surface area contributed by atoms with E-state index in [0.29, 0.717) is 81.6 Å². The third-order valence-electron chi connectivity index (χ3n) is 6.22. The van der Waals surface area contributed by atoms with Gasteiger partial charge in [-0.05, 0) is 53.9 Å². The molecule has 5 rings (SSSR count). The van der Waals surface area contributed by atoms with Gasteiger partial charge in [0.1, 0.15) is 17.6 Å². The molecule has 0 amide bonds. The lowest BCUT2D eigenvalue weighted by Crippen LogP contribution is -2.11. The van der Waals surface area contributed by atoms with E-state index in [1.807, 2.05) is 13.0 Å². The van der Waals surface area contributed by atoms with E-state index in [1.165, 1.54) is 20.5 Å². The Morgan fingerprint density at radius 2 is 1.68 bits per heavy atom. The SMILES string of the molecule is CCc1cc2c(=O)c(-c3ccc4c(c3)OCCCO4)coc2cc1OC(=O)c1ccc(OC)c(OC)c1. The molecule has 0 fully saturated rings. The molecule has 1 aromatic heterocycles. The van der Waals surface area contributed by atoms with Crippen LogP contribution >= 0.6 is 0 Å². The number of ether oxygens (including phenoxy) is 5. The minimum atomic E-state index is -0.568. The first kappa shape index (κ1) is 24.2. The number of benzene rings is 3. The summed E-state index contributed by atoms with van der Waals surface area (Å²) in [5, 5.41) is 0.396. The number of carbonyl (C=O) groups excluding carboxylic acids is 1. The third-order valence-corrected chi connectivity index (χ3v) is 6.22. The fraction of sp³-hybridized carbons (Fsp3) is 0.241. The van der Waals surface area contributed by atoms with Crippen LogP contribution in [0.2, 0.25) is 0 Å². The van der Waals surface area contributed by atoms with Crippen LogP contribution in [0.4, 0.5) is 0 Å². The first-order chi connectivity index (χ1) is 18.0. The van der Waals surface area contributed by atoms with Crippen molar-refractivity contribution in [3.05, 3.63) is 76.1 Å². The summed E-state index contributed by atoms with van der Waals surface area (Å²) >= 11 is 0. The van der Waals surface area contributed by atoms with Crippen molar-refractivity contribution in [2.24, 2.45) is 0 Å². The Kier molecular flexibility index (Phi) is 6.72. The molecule has 0 bridgehead atoms. The average Bonchev–Trinajstić information content (AvgIpc) is 3.17. The van der Waals surface area contributed by atoms with Gasteiger partial charge in [0.25, 0.3) is 0 Å². The number of hydrogen-bond donors (Lipinski definition) is 0. The van der Waals surface area contributed by atoms with E-state index in [4.69, 9.17) is 28.1 Å². The van der Waals surface area contributed by atoms with Crippen molar-refractivity contribution in [1.29, 1.82) is 0 Å². The molecule has 0 radical (unpaired) electrons. The Hall–Kier alpha value is -4.46. The normalized spacial score (nSPS) is 12.6. The smallest absolute Gasteiger partial charge is 0.343 e. The maximum atomic E-state index is 13.5. The van der Waals surface area contributed by atoms with Crippen LogP contribution < -0.4 is 29.1 Å². The largest absolute Gasteiger partial charge is 0.493 e. The second-order valence-electron chi connectivity index (χ2n) is 8.46. The fourth-order valence-corrected chi connectivity index (χ4v) is 4.23. The predicted molar refractivity (Wildman–Crippen MR) is 137 cm³/mol. The van der Waals surface area contributed by atoms with Crippen LogP contribution in [0.3, 0.4) is 0 Å². The number of rotatable bonds is 6. The summed E-state index contributed by atoms with van der Waals surface area (Å²) in [7, 11) is 3.01. The highest BCUT2D eigenvalue weighted by atomic mass is 16.5. The summed E-state index contributed by atoms with van der Waals surface area (Å²) < 4.78 is 33.5. The molecule has 37 heavy (non-hydrogen) atoms. The molecular formula is C29H26O8. The highest BCUT2D eigenvalue weighted by Gasteiger charge is 2.19. The zero-order chi connectivity index (χ0) is 25.9. The summed E-state index contributed by atoms with van der Waals surface area (Å²) in [5.74, 6) is 1.92. The van der Waals surface area contributed by atoms with Gasteiger partial charge < -0.3 is 28.1 Å². The van der Waals surface area contributed by atoms with Crippen LogP contribution in [0, 0.1) is 0 Å². The van der Waals surface area contributed by atoms with Crippen molar-refractivity contribution >= 4 is 16.9 Å². The highest BCUT2D eigenvalue weighted by Crippen LogP contribution is 2.35. The topological polar surface area (TPSA) is 93.4 Å². The molecule has 8 nitrogen and oxygen atoms in total. The molecule has 0 spiro atoms. The molecule has 1 aliphatic heterocycles. The average molecular weight is 503 g/mol. The number of methoxy groups -OCH3 is 2. The summed E-state index contributed by atoms with van der Waals surface area (Å²) in [5.41, 5.74) is 2.19. The first-order valence-corrected chi connectivity index (χ1v) is 11.9. The van der Waals surface area contributed by atoms with E-state index in [2.05, 4.69) is 0 Å². The monoisotopic (exact) mass is 502 g/mol. The second kappa shape index (κ2) is 10.3. The number of hydrogen-bond acceptors (Lipinski definition) is 8. The molecule has 0 unspecified atom stereocenters. The van der Waals surface area contributed by atoms with Crippen molar-refractivity contribution in [3.8, 4) is 39.9 Å². The maximum Gasteiger partial charge on any atom is 0.343 e. The first-order valence-electron chi connectivity index (χ1n) is 11.9. The van der Waals surface area contributed by atoms with Crippen molar-refractivity contribution < 1.29 is 32.9 Å². The number of fused-ring (bicyclic) bond motifs is 2. The molecule has 0 N–H and O–H groups in total. The van der Waals surface area contributed by atoms with E-state index < -0.39 is 5.97 Å². The van der Waals surface area contributed by atoms with Gasteiger partial charge in [-0.3, -0.25) is 4.79 Å². The van der Waals surface area contributed by atoms with Gasteiger partial charge in [0, 0.05) is 12.5 Å². The molecule has 0 aliphatic carbocycles. The van der Waals surface area contributed by atoms with Crippen LogP contribution in [0.1, 0.15) is 29.3 Å². The fourth-order valence-electron chi connectivity index (χ4n) is 4.23.